The summed E-state index contributed by atoms with van der Waals surface area (Å²) in [6, 6.07) is 6.65. The number of anilines is 1. The van der Waals surface area contributed by atoms with Gasteiger partial charge >= 0.3 is 6.03 Å². The molecule has 1 heterocycles. The van der Waals surface area contributed by atoms with Crippen LogP contribution in [0.2, 0.25) is 0 Å². The van der Waals surface area contributed by atoms with Crippen LogP contribution >= 0.6 is 0 Å². The zero-order chi connectivity index (χ0) is 16.5. The number of nitrogens with one attached hydrogen (secondary N) is 1. The Hall–Kier alpha value is -2.24. The van der Waals surface area contributed by atoms with Crippen LogP contribution in [0.25, 0.3) is 0 Å². The van der Waals surface area contributed by atoms with Crippen molar-refractivity contribution in [2.45, 2.75) is 33.2 Å². The lowest BCUT2D eigenvalue weighted by atomic mass is 9.75. The number of benzene rings is 1. The van der Waals surface area contributed by atoms with Crippen LogP contribution < -0.4 is 15.8 Å². The first-order valence-corrected chi connectivity index (χ1v) is 7.27. The Morgan fingerprint density at radius 3 is 2.55 bits per heavy atom. The third-order valence-corrected chi connectivity index (χ3v) is 4.22. The number of rotatable bonds is 4. The van der Waals surface area contributed by atoms with E-state index in [0.29, 0.717) is 11.4 Å². The Morgan fingerprint density at radius 2 is 2.00 bits per heavy atom. The highest BCUT2D eigenvalue weighted by Crippen LogP contribution is 2.35. The molecular weight excluding hydrogens is 282 g/mol. The molecule has 3 amide bonds. The average molecular weight is 305 g/mol. The maximum Gasteiger partial charge on any atom is 0.325 e. The van der Waals surface area contributed by atoms with E-state index in [-0.39, 0.29) is 30.5 Å². The number of amides is 3. The molecule has 3 N–H and O–H groups in total. The Balaban J connectivity index is 1.99. The molecule has 1 aromatic rings. The van der Waals surface area contributed by atoms with Crippen LogP contribution in [0.15, 0.2) is 24.3 Å². The fourth-order valence-electron chi connectivity index (χ4n) is 2.27. The van der Waals surface area contributed by atoms with E-state index in [1.807, 2.05) is 20.8 Å². The van der Waals surface area contributed by atoms with Crippen molar-refractivity contribution in [3.8, 4) is 5.75 Å². The molecule has 0 aliphatic carbocycles. The van der Waals surface area contributed by atoms with Crippen molar-refractivity contribution in [2.75, 3.05) is 18.9 Å². The van der Waals surface area contributed by atoms with E-state index in [0.717, 1.165) is 0 Å². The summed E-state index contributed by atoms with van der Waals surface area (Å²) in [5, 5.41) is 2.79. The number of nitrogens with zero attached hydrogens (tertiary/aromatic N) is 1. The average Bonchev–Trinajstić information content (AvgIpc) is 2.62. The summed E-state index contributed by atoms with van der Waals surface area (Å²) in [5.41, 5.74) is 5.00. The van der Waals surface area contributed by atoms with Gasteiger partial charge in [-0.25, -0.2) is 4.79 Å². The molecule has 1 aliphatic heterocycles. The van der Waals surface area contributed by atoms with Crippen molar-refractivity contribution in [3.05, 3.63) is 24.3 Å². The molecule has 0 aromatic heterocycles. The first kappa shape index (κ1) is 16.1. The lowest BCUT2D eigenvalue weighted by molar-refractivity contribution is -0.134. The minimum Gasteiger partial charge on any atom is -0.492 e. The highest BCUT2D eigenvalue weighted by atomic mass is 16.5. The van der Waals surface area contributed by atoms with Crippen LogP contribution in [0.1, 0.15) is 27.7 Å². The molecule has 6 nitrogen and oxygen atoms in total. The quantitative estimate of drug-likeness (QED) is 0.658. The van der Waals surface area contributed by atoms with Crippen LogP contribution in [0.5, 0.6) is 5.75 Å². The molecule has 1 fully saturated rings. The van der Waals surface area contributed by atoms with Gasteiger partial charge in [-0.1, -0.05) is 26.8 Å². The molecule has 1 saturated heterocycles. The molecule has 1 unspecified atom stereocenters. The lowest BCUT2D eigenvalue weighted by Gasteiger charge is -2.35. The summed E-state index contributed by atoms with van der Waals surface area (Å²) in [6.45, 7) is 7.97. The summed E-state index contributed by atoms with van der Waals surface area (Å²) < 4.78 is 5.55. The van der Waals surface area contributed by atoms with Crippen molar-refractivity contribution in [1.29, 1.82) is 0 Å². The summed E-state index contributed by atoms with van der Waals surface area (Å²) >= 11 is 0. The molecule has 1 aromatic carbocycles. The Morgan fingerprint density at radius 1 is 1.32 bits per heavy atom. The molecule has 1 aliphatic rings. The predicted octanol–water partition coefficient (Wildman–Crippen LogP) is 2.00. The van der Waals surface area contributed by atoms with E-state index in [4.69, 9.17) is 10.5 Å². The zero-order valence-corrected chi connectivity index (χ0v) is 13.5. The largest absolute Gasteiger partial charge is 0.492 e. The summed E-state index contributed by atoms with van der Waals surface area (Å²) in [6.07, 6.45) is 0. The molecule has 0 bridgehead atoms. The summed E-state index contributed by atoms with van der Waals surface area (Å²) in [7, 11) is 0. The maximum atomic E-state index is 12.5. The van der Waals surface area contributed by atoms with Gasteiger partial charge in [0.1, 0.15) is 17.9 Å². The van der Waals surface area contributed by atoms with Gasteiger partial charge in [0.15, 0.2) is 0 Å². The molecule has 120 valence electrons. The Kier molecular flexibility index (Phi) is 4.04. The zero-order valence-electron chi connectivity index (χ0n) is 13.5. The van der Waals surface area contributed by atoms with Crippen molar-refractivity contribution >= 4 is 17.6 Å². The molecule has 0 spiro atoms. The number of carbonyl (C=O) groups is 2. The topological polar surface area (TPSA) is 84.7 Å². The highest BCUT2D eigenvalue weighted by Gasteiger charge is 2.54. The van der Waals surface area contributed by atoms with Crippen molar-refractivity contribution in [3.63, 3.8) is 0 Å². The van der Waals surface area contributed by atoms with E-state index < -0.39 is 5.54 Å². The number of carbonyl (C=O) groups excluding carboxylic acids is 2. The predicted molar refractivity (Wildman–Crippen MR) is 84.5 cm³/mol. The second kappa shape index (κ2) is 5.51. The number of hydrogen-bond acceptors (Lipinski definition) is 4. The number of ether oxygens (including phenoxy) is 1. The molecule has 2 rings (SSSR count). The molecule has 1 atom stereocenters. The van der Waals surface area contributed by atoms with Crippen LogP contribution in [0.4, 0.5) is 10.5 Å². The summed E-state index contributed by atoms with van der Waals surface area (Å²) in [4.78, 5) is 25.8. The van der Waals surface area contributed by atoms with Crippen LogP contribution in [-0.2, 0) is 4.79 Å². The number of hydrogen-bond donors (Lipinski definition) is 2. The van der Waals surface area contributed by atoms with Crippen molar-refractivity contribution in [2.24, 2.45) is 5.41 Å². The van der Waals surface area contributed by atoms with Crippen LogP contribution in [0, 0.1) is 5.41 Å². The maximum absolute atomic E-state index is 12.5. The number of imide groups is 1. The van der Waals surface area contributed by atoms with E-state index in [9.17, 15) is 9.59 Å². The second-order valence-corrected chi connectivity index (χ2v) is 6.68. The third-order valence-electron chi connectivity index (χ3n) is 4.22. The molecule has 22 heavy (non-hydrogen) atoms. The fraction of sp³-hybridized carbons (Fsp3) is 0.500. The van der Waals surface area contributed by atoms with Gasteiger partial charge in [0.25, 0.3) is 5.91 Å². The standard InChI is InChI=1S/C16H23N3O3/c1-15(2,3)16(4)13(20)19(14(21)18-16)8-9-22-12-7-5-6-11(17)10-12/h5-7,10H,8-9,17H2,1-4H3,(H,18,21). The number of urea groups is 1. The van der Waals surface area contributed by atoms with Gasteiger partial charge in [-0.15, -0.1) is 0 Å². The smallest absolute Gasteiger partial charge is 0.325 e. The first-order valence-electron chi connectivity index (χ1n) is 7.27. The van der Waals surface area contributed by atoms with Gasteiger partial charge in [0.2, 0.25) is 0 Å². The van der Waals surface area contributed by atoms with Crippen LogP contribution in [0.3, 0.4) is 0 Å². The van der Waals surface area contributed by atoms with Gasteiger partial charge in [0, 0.05) is 11.8 Å². The molecular formula is C16H23N3O3. The van der Waals surface area contributed by atoms with Crippen LogP contribution in [-0.4, -0.2) is 35.5 Å². The number of nitrogens with two attached hydrogens (primary N) is 1. The number of nitrogen functional groups attached to an aromatic ring is 1. The highest BCUT2D eigenvalue weighted by molar-refractivity contribution is 6.07. The monoisotopic (exact) mass is 305 g/mol. The molecule has 6 heteroatoms. The van der Waals surface area contributed by atoms with Gasteiger partial charge in [-0.05, 0) is 24.5 Å². The normalized spacial score (nSPS) is 21.9. The van der Waals surface area contributed by atoms with E-state index in [2.05, 4.69) is 5.32 Å². The van der Waals surface area contributed by atoms with Crippen molar-refractivity contribution in [1.82, 2.24) is 10.2 Å². The van der Waals surface area contributed by atoms with Gasteiger partial charge in [-0.2, -0.15) is 0 Å². The second-order valence-electron chi connectivity index (χ2n) is 6.68. The Bertz CT molecular complexity index is 595. The minimum atomic E-state index is -0.902. The summed E-state index contributed by atoms with van der Waals surface area (Å²) in [5.74, 6) is 0.395. The lowest BCUT2D eigenvalue weighted by Crippen LogP contribution is -2.54. The molecule has 0 radical (unpaired) electrons. The van der Waals surface area contributed by atoms with Gasteiger partial charge in [-0.3, -0.25) is 9.69 Å². The fourth-order valence-corrected chi connectivity index (χ4v) is 2.27. The van der Waals surface area contributed by atoms with Crippen molar-refractivity contribution < 1.29 is 14.3 Å². The van der Waals surface area contributed by atoms with E-state index in [1.54, 1.807) is 31.2 Å². The van der Waals surface area contributed by atoms with Gasteiger partial charge < -0.3 is 15.8 Å². The Labute approximate surface area is 130 Å². The van der Waals surface area contributed by atoms with E-state index >= 15 is 0 Å². The van der Waals surface area contributed by atoms with E-state index in [1.165, 1.54) is 4.90 Å². The molecule has 0 saturated carbocycles. The third kappa shape index (κ3) is 2.86. The van der Waals surface area contributed by atoms with Gasteiger partial charge in [0.05, 0.1) is 6.54 Å². The first-order chi connectivity index (χ1) is 10.1. The minimum absolute atomic E-state index is 0.200. The SMILES string of the molecule is CC(C)(C)C1(C)NC(=O)N(CCOc2cccc(N)c2)C1=O.